The lowest BCUT2D eigenvalue weighted by Crippen LogP contribution is -2.37. The molecule has 0 radical (unpaired) electrons. The topological polar surface area (TPSA) is 115 Å². The van der Waals surface area contributed by atoms with Crippen molar-refractivity contribution in [3.63, 3.8) is 0 Å². The van der Waals surface area contributed by atoms with Crippen LogP contribution in [0.2, 0.25) is 0 Å². The normalized spacial score (nSPS) is 17.7. The van der Waals surface area contributed by atoms with Gasteiger partial charge in [-0.1, -0.05) is 13.0 Å². The summed E-state index contributed by atoms with van der Waals surface area (Å²) in [6, 6.07) is 15.3. The molecular weight excluding hydrogens is 492 g/mol. The molecule has 2 amide bonds. The highest BCUT2D eigenvalue weighted by molar-refractivity contribution is 6.10. The molecule has 2 aliphatic rings. The summed E-state index contributed by atoms with van der Waals surface area (Å²) in [5.74, 6) is -0.310. The fourth-order valence-electron chi connectivity index (χ4n) is 5.02. The van der Waals surface area contributed by atoms with Crippen molar-refractivity contribution >= 4 is 29.0 Å². The first-order chi connectivity index (χ1) is 18.9. The number of H-pyrrole nitrogens is 1. The lowest BCUT2D eigenvalue weighted by atomic mass is 9.90. The van der Waals surface area contributed by atoms with Crippen molar-refractivity contribution in [1.82, 2.24) is 9.88 Å². The second-order valence-corrected chi connectivity index (χ2v) is 10.1. The van der Waals surface area contributed by atoms with Crippen LogP contribution in [-0.4, -0.2) is 51.8 Å². The molecule has 1 saturated heterocycles. The minimum Gasteiger partial charge on any atom is -0.393 e. The number of piperidine rings is 1. The first kappa shape index (κ1) is 26.2. The van der Waals surface area contributed by atoms with E-state index in [1.165, 1.54) is 5.70 Å². The molecule has 1 aliphatic heterocycles. The van der Waals surface area contributed by atoms with Crippen molar-refractivity contribution in [3.05, 3.63) is 107 Å². The molecule has 4 N–H and O–H groups in total. The highest BCUT2D eigenvalue weighted by atomic mass is 16.3. The molecule has 0 saturated carbocycles. The van der Waals surface area contributed by atoms with E-state index in [2.05, 4.69) is 27.4 Å². The molecule has 5 rings (SSSR count). The fourth-order valence-corrected chi connectivity index (χ4v) is 5.02. The van der Waals surface area contributed by atoms with Gasteiger partial charge in [0.1, 0.15) is 0 Å². The molecule has 0 spiro atoms. The van der Waals surface area contributed by atoms with E-state index in [0.717, 1.165) is 25.9 Å². The molecule has 2 aromatic carbocycles. The number of aromatic amines is 1. The summed E-state index contributed by atoms with van der Waals surface area (Å²) in [5.41, 5.74) is 4.67. The number of hydrogen-bond acceptors (Lipinski definition) is 5. The Morgan fingerprint density at radius 2 is 1.41 bits per heavy atom. The maximum atomic E-state index is 13.0. The Bertz CT molecular complexity index is 1400. The van der Waals surface area contributed by atoms with Gasteiger partial charge in [-0.05, 0) is 79.9 Å². The summed E-state index contributed by atoms with van der Waals surface area (Å²) >= 11 is 0. The lowest BCUT2D eigenvalue weighted by molar-refractivity contribution is -0.113. The molecule has 1 atom stereocenters. The van der Waals surface area contributed by atoms with Gasteiger partial charge in [0.25, 0.3) is 11.8 Å². The molecule has 1 aromatic heterocycles. The number of aliphatic hydroxyl groups excluding tert-OH is 1. The molecule has 1 fully saturated rings. The molecule has 1 unspecified atom stereocenters. The number of hydrogen-bond donors (Lipinski definition) is 4. The van der Waals surface area contributed by atoms with E-state index in [9.17, 15) is 19.5 Å². The van der Waals surface area contributed by atoms with Gasteiger partial charge in [0.05, 0.1) is 11.7 Å². The average molecular weight is 525 g/mol. The standard InChI is InChI=1S/C31H32N4O4/c1-20-18-23(6-11-28(20)35-16-13-27(36)14-17-35)30(38)33-25-7-2-21(3-8-25)29(37)22-4-9-26(10-5-22)34-31(39)24-12-15-32-19-24/h2-12,15,19-20,27,32,36H,13-14,16-18H2,1H3,(H,33,38)(H,34,39). The van der Waals surface area contributed by atoms with E-state index >= 15 is 0 Å². The van der Waals surface area contributed by atoms with Crippen LogP contribution < -0.4 is 10.6 Å². The minimum absolute atomic E-state index is 0.150. The van der Waals surface area contributed by atoms with Gasteiger partial charge in [-0.15, -0.1) is 0 Å². The van der Waals surface area contributed by atoms with Crippen LogP contribution in [-0.2, 0) is 4.79 Å². The summed E-state index contributed by atoms with van der Waals surface area (Å²) in [5, 5.41) is 15.5. The van der Waals surface area contributed by atoms with Crippen molar-refractivity contribution in [2.75, 3.05) is 23.7 Å². The number of carbonyl (C=O) groups is 3. The second kappa shape index (κ2) is 11.5. The van der Waals surface area contributed by atoms with Gasteiger partial charge in [0.15, 0.2) is 5.78 Å². The summed E-state index contributed by atoms with van der Waals surface area (Å²) in [6.45, 7) is 3.80. The highest BCUT2D eigenvalue weighted by Crippen LogP contribution is 2.30. The third-order valence-electron chi connectivity index (χ3n) is 7.28. The molecule has 8 nitrogen and oxygen atoms in total. The SMILES string of the molecule is CC1CC(C(=O)Nc2ccc(C(=O)c3ccc(NC(=O)c4cc[nH]c4)cc3)cc2)=CC=C1N1CCC(O)CC1. The largest absolute Gasteiger partial charge is 0.393 e. The minimum atomic E-state index is -0.231. The number of allylic oxidation sites excluding steroid dienone is 3. The number of amides is 2. The summed E-state index contributed by atoms with van der Waals surface area (Å²) in [4.78, 5) is 43.2. The zero-order valence-electron chi connectivity index (χ0n) is 21.8. The van der Waals surface area contributed by atoms with Gasteiger partial charge in [-0.3, -0.25) is 14.4 Å². The van der Waals surface area contributed by atoms with Gasteiger partial charge in [0, 0.05) is 65.2 Å². The average Bonchev–Trinajstić information content (AvgIpc) is 3.50. The van der Waals surface area contributed by atoms with Gasteiger partial charge < -0.3 is 25.6 Å². The summed E-state index contributed by atoms with van der Waals surface area (Å²) in [6.07, 6.45) is 9.19. The van der Waals surface area contributed by atoms with Gasteiger partial charge in [-0.2, -0.15) is 0 Å². The number of likely N-dealkylation sites (tertiary alicyclic amines) is 1. The second-order valence-electron chi connectivity index (χ2n) is 10.1. The maximum Gasteiger partial charge on any atom is 0.257 e. The molecule has 3 aromatic rings. The van der Waals surface area contributed by atoms with Crippen LogP contribution in [0.3, 0.4) is 0 Å². The van der Waals surface area contributed by atoms with Crippen LogP contribution in [0.25, 0.3) is 0 Å². The number of nitrogens with one attached hydrogen (secondary N) is 3. The van der Waals surface area contributed by atoms with E-state index in [1.54, 1.807) is 67.0 Å². The number of aliphatic hydroxyl groups is 1. The predicted molar refractivity (Wildman–Crippen MR) is 150 cm³/mol. The number of carbonyl (C=O) groups excluding carboxylic acids is 3. The van der Waals surface area contributed by atoms with Gasteiger partial charge >= 0.3 is 0 Å². The molecule has 8 heteroatoms. The smallest absolute Gasteiger partial charge is 0.257 e. The Morgan fingerprint density at radius 1 is 0.821 bits per heavy atom. The Balaban J connectivity index is 1.18. The number of benzene rings is 2. The van der Waals surface area contributed by atoms with E-state index in [4.69, 9.17) is 0 Å². The molecular formula is C31H32N4O4. The highest BCUT2D eigenvalue weighted by Gasteiger charge is 2.26. The van der Waals surface area contributed by atoms with Crippen molar-refractivity contribution in [2.24, 2.45) is 5.92 Å². The first-order valence-corrected chi connectivity index (χ1v) is 13.2. The maximum absolute atomic E-state index is 13.0. The van der Waals surface area contributed by atoms with Crippen LogP contribution in [0.1, 0.15) is 52.5 Å². The lowest BCUT2D eigenvalue weighted by Gasteiger charge is -2.37. The van der Waals surface area contributed by atoms with Crippen molar-refractivity contribution in [3.8, 4) is 0 Å². The third-order valence-corrected chi connectivity index (χ3v) is 7.28. The van der Waals surface area contributed by atoms with Crippen LogP contribution in [0.15, 0.2) is 90.4 Å². The Labute approximate surface area is 227 Å². The number of aromatic nitrogens is 1. The zero-order chi connectivity index (χ0) is 27.4. The summed E-state index contributed by atoms with van der Waals surface area (Å²) < 4.78 is 0. The Hall–Kier alpha value is -4.43. The summed E-state index contributed by atoms with van der Waals surface area (Å²) in [7, 11) is 0. The number of nitrogens with zero attached hydrogens (tertiary/aromatic N) is 1. The van der Waals surface area contributed by atoms with E-state index in [0.29, 0.717) is 40.1 Å². The monoisotopic (exact) mass is 524 g/mol. The van der Waals surface area contributed by atoms with Crippen LogP contribution >= 0.6 is 0 Å². The fraction of sp³-hybridized carbons (Fsp3) is 0.258. The van der Waals surface area contributed by atoms with Crippen LogP contribution in [0, 0.1) is 5.92 Å². The van der Waals surface area contributed by atoms with Crippen LogP contribution in [0.4, 0.5) is 11.4 Å². The number of anilines is 2. The van der Waals surface area contributed by atoms with Gasteiger partial charge in [-0.25, -0.2) is 0 Å². The van der Waals surface area contributed by atoms with Gasteiger partial charge in [0.2, 0.25) is 0 Å². The zero-order valence-corrected chi connectivity index (χ0v) is 21.8. The van der Waals surface area contributed by atoms with E-state index in [-0.39, 0.29) is 29.6 Å². The molecule has 2 heterocycles. The quantitative estimate of drug-likeness (QED) is 0.333. The van der Waals surface area contributed by atoms with Crippen molar-refractivity contribution in [2.45, 2.75) is 32.3 Å². The Morgan fingerprint density at radius 3 is 1.95 bits per heavy atom. The first-order valence-electron chi connectivity index (χ1n) is 13.2. The van der Waals surface area contributed by atoms with Crippen LogP contribution in [0.5, 0.6) is 0 Å². The van der Waals surface area contributed by atoms with Crippen molar-refractivity contribution < 1.29 is 19.5 Å². The van der Waals surface area contributed by atoms with Crippen molar-refractivity contribution in [1.29, 1.82) is 0 Å². The molecule has 200 valence electrons. The third kappa shape index (κ3) is 6.18. The number of ketones is 1. The molecule has 0 bridgehead atoms. The molecule has 1 aliphatic carbocycles. The predicted octanol–water partition coefficient (Wildman–Crippen LogP) is 4.74. The van der Waals surface area contributed by atoms with E-state index in [1.807, 2.05) is 12.2 Å². The Kier molecular flexibility index (Phi) is 7.74. The van der Waals surface area contributed by atoms with E-state index < -0.39 is 0 Å². The number of rotatable bonds is 7. The molecule has 39 heavy (non-hydrogen) atoms.